The molecule has 12 heteroatoms. The Morgan fingerprint density at radius 3 is 2.67 bits per heavy atom. The minimum absolute atomic E-state index is 0.138. The number of hydrogen-bond acceptors (Lipinski definition) is 9. The van der Waals surface area contributed by atoms with Crippen LogP contribution in [0.1, 0.15) is 12.8 Å². The van der Waals surface area contributed by atoms with Crippen LogP contribution in [0.25, 0.3) is 10.9 Å². The molecule has 0 unspecified atom stereocenters. The van der Waals surface area contributed by atoms with Gasteiger partial charge < -0.3 is 24.8 Å². The summed E-state index contributed by atoms with van der Waals surface area (Å²) < 4.78 is 52.5. The Labute approximate surface area is 191 Å². The maximum absolute atomic E-state index is 14.7. The van der Waals surface area contributed by atoms with Crippen LogP contribution in [0.3, 0.4) is 0 Å². The number of methoxy groups -OCH3 is 1. The zero-order chi connectivity index (χ0) is 23.2. The predicted octanol–water partition coefficient (Wildman–Crippen LogP) is 0.570. The Kier molecular flexibility index (Phi) is 6.12. The Morgan fingerprint density at radius 1 is 1.21 bits per heavy atom. The van der Waals surface area contributed by atoms with Gasteiger partial charge in [-0.2, -0.15) is 9.29 Å². The lowest BCUT2D eigenvalue weighted by atomic mass is 10.2. The summed E-state index contributed by atoms with van der Waals surface area (Å²) in [6.45, 7) is 2.10. The number of aromatic nitrogens is 2. The van der Waals surface area contributed by atoms with E-state index < -0.39 is 27.2 Å². The first-order valence-corrected chi connectivity index (χ1v) is 12.6. The topological polar surface area (TPSA) is 117 Å². The molecule has 10 nitrogen and oxygen atoms in total. The van der Waals surface area contributed by atoms with Crippen LogP contribution in [-0.4, -0.2) is 97.8 Å². The second kappa shape index (κ2) is 8.91. The van der Waals surface area contributed by atoms with E-state index in [1.807, 2.05) is 0 Å². The molecule has 1 aromatic carbocycles. The number of nitrogens with one attached hydrogen (secondary N) is 1. The van der Waals surface area contributed by atoms with Crippen LogP contribution >= 0.6 is 0 Å². The van der Waals surface area contributed by atoms with E-state index >= 15 is 0 Å². The molecule has 0 amide bonds. The molecule has 2 aromatic rings. The quantitative estimate of drug-likeness (QED) is 0.611. The molecule has 3 aliphatic rings. The number of rotatable bonds is 6. The average Bonchev–Trinajstić information content (AvgIpc) is 3.12. The lowest BCUT2D eigenvalue weighted by molar-refractivity contribution is 0.00982. The van der Waals surface area contributed by atoms with Crippen molar-refractivity contribution in [1.29, 1.82) is 0 Å². The lowest BCUT2D eigenvalue weighted by Crippen LogP contribution is -2.60. The molecule has 2 aliphatic heterocycles. The molecule has 1 aliphatic carbocycles. The Balaban J connectivity index is 1.37. The molecular weight excluding hydrogens is 453 g/mol. The summed E-state index contributed by atoms with van der Waals surface area (Å²) in [5.74, 6) is 0.243. The van der Waals surface area contributed by atoms with Gasteiger partial charge in [-0.05, 0) is 25.0 Å². The fraction of sp³-hybridized carbons (Fsp3) is 0.619. The molecule has 1 aromatic heterocycles. The molecule has 0 radical (unpaired) electrons. The molecule has 33 heavy (non-hydrogen) atoms. The van der Waals surface area contributed by atoms with Gasteiger partial charge in [-0.15, -0.1) is 0 Å². The number of hydrogen-bond donors (Lipinski definition) is 2. The van der Waals surface area contributed by atoms with Gasteiger partial charge >= 0.3 is 0 Å². The number of aliphatic hydroxyl groups is 1. The second-order valence-electron chi connectivity index (χ2n) is 8.74. The fourth-order valence-corrected chi connectivity index (χ4v) is 6.53. The van der Waals surface area contributed by atoms with Gasteiger partial charge in [0.2, 0.25) is 16.0 Å². The Morgan fingerprint density at radius 2 is 1.97 bits per heavy atom. The molecule has 0 spiro atoms. The molecule has 1 saturated carbocycles. The van der Waals surface area contributed by atoms with Crippen molar-refractivity contribution in [1.82, 2.24) is 14.3 Å². The molecular formula is C21H28FN5O5S. The highest BCUT2D eigenvalue weighted by Crippen LogP contribution is 2.32. The van der Waals surface area contributed by atoms with Gasteiger partial charge in [0.15, 0.2) is 0 Å². The maximum Gasteiger partial charge on any atom is 0.227 e. The van der Waals surface area contributed by atoms with Crippen LogP contribution in [0.5, 0.6) is 0 Å². The molecule has 3 atom stereocenters. The highest BCUT2D eigenvalue weighted by atomic mass is 32.2. The van der Waals surface area contributed by atoms with Crippen molar-refractivity contribution in [2.24, 2.45) is 0 Å². The van der Waals surface area contributed by atoms with Crippen molar-refractivity contribution in [2.45, 2.75) is 36.3 Å². The summed E-state index contributed by atoms with van der Waals surface area (Å²) >= 11 is 0. The van der Waals surface area contributed by atoms with Crippen LogP contribution < -0.4 is 10.2 Å². The van der Waals surface area contributed by atoms with Crippen LogP contribution in [0.15, 0.2) is 18.2 Å². The van der Waals surface area contributed by atoms with E-state index in [4.69, 9.17) is 9.47 Å². The van der Waals surface area contributed by atoms with Gasteiger partial charge in [-0.25, -0.2) is 17.8 Å². The van der Waals surface area contributed by atoms with Gasteiger partial charge in [-0.3, -0.25) is 0 Å². The number of ether oxygens (including phenoxy) is 2. The van der Waals surface area contributed by atoms with E-state index in [0.717, 1.165) is 0 Å². The number of halogens is 1. The minimum Gasteiger partial charge on any atom is -0.390 e. The van der Waals surface area contributed by atoms with Crippen LogP contribution in [0.2, 0.25) is 0 Å². The van der Waals surface area contributed by atoms with Crippen molar-refractivity contribution in [3.63, 3.8) is 0 Å². The summed E-state index contributed by atoms with van der Waals surface area (Å²) in [7, 11) is -1.87. The molecule has 0 bridgehead atoms. The zero-order valence-electron chi connectivity index (χ0n) is 18.4. The Bertz CT molecular complexity index is 1120. The number of aliphatic hydroxyl groups excluding tert-OH is 1. The first-order valence-electron chi connectivity index (χ1n) is 11.1. The lowest BCUT2D eigenvalue weighted by Gasteiger charge is -2.41. The summed E-state index contributed by atoms with van der Waals surface area (Å²) in [6.07, 6.45) is 0.126. The summed E-state index contributed by atoms with van der Waals surface area (Å²) in [6, 6.07) is 4.51. The summed E-state index contributed by atoms with van der Waals surface area (Å²) in [5, 5.41) is 13.2. The number of morpholine rings is 1. The molecule has 5 rings (SSSR count). The van der Waals surface area contributed by atoms with Gasteiger partial charge in [0.1, 0.15) is 16.9 Å². The van der Waals surface area contributed by atoms with E-state index in [2.05, 4.69) is 15.3 Å². The van der Waals surface area contributed by atoms with Crippen molar-refractivity contribution in [2.75, 3.05) is 56.7 Å². The van der Waals surface area contributed by atoms with E-state index in [-0.39, 0.29) is 30.6 Å². The van der Waals surface area contributed by atoms with E-state index in [1.165, 1.54) is 10.4 Å². The normalized spacial score (nSPS) is 27.1. The third kappa shape index (κ3) is 4.26. The monoisotopic (exact) mass is 481 g/mol. The number of nitrogens with zero attached hydrogens (tertiary/aromatic N) is 4. The SMILES string of the molecule is CO[C@@H]1C[C@H](Nc2nc(N3CC(S(=O)(=O)N4CCOCC4)C3)nc3cccc(F)c23)C[C@@H]1O. The standard InChI is InChI=1S/C21H28FN5O5S/c1-31-18-10-13(9-17(18)28)23-20-19-15(22)3-2-4-16(19)24-21(25-20)26-11-14(12-26)33(29,30)27-5-7-32-8-6-27/h2-4,13-14,17-18,28H,5-12H2,1H3,(H,23,24,25)/t13-,17+,18-/m1/s1. The number of anilines is 2. The fourth-order valence-electron chi connectivity index (χ4n) is 4.72. The summed E-state index contributed by atoms with van der Waals surface area (Å²) in [4.78, 5) is 10.9. The molecule has 2 N–H and O–H groups in total. The van der Waals surface area contributed by atoms with Crippen molar-refractivity contribution < 1.29 is 27.4 Å². The van der Waals surface area contributed by atoms with E-state index in [9.17, 15) is 17.9 Å². The van der Waals surface area contributed by atoms with Gasteiger partial charge in [-0.1, -0.05) is 6.07 Å². The Hall–Kier alpha value is -2.12. The first kappa shape index (κ1) is 22.7. The third-order valence-corrected chi connectivity index (χ3v) is 8.88. The molecule has 3 fully saturated rings. The van der Waals surface area contributed by atoms with Crippen molar-refractivity contribution in [3.05, 3.63) is 24.0 Å². The van der Waals surface area contributed by atoms with Gasteiger partial charge in [0.05, 0.1) is 36.3 Å². The third-order valence-electron chi connectivity index (χ3n) is 6.66. The van der Waals surface area contributed by atoms with Crippen LogP contribution in [0.4, 0.5) is 16.2 Å². The molecule has 180 valence electrons. The van der Waals surface area contributed by atoms with E-state index in [1.54, 1.807) is 24.1 Å². The van der Waals surface area contributed by atoms with E-state index in [0.29, 0.717) is 56.4 Å². The van der Waals surface area contributed by atoms with Crippen LogP contribution in [0, 0.1) is 5.82 Å². The molecule has 3 heterocycles. The van der Waals surface area contributed by atoms with Crippen LogP contribution in [-0.2, 0) is 19.5 Å². The largest absolute Gasteiger partial charge is 0.390 e. The molecule has 2 saturated heterocycles. The van der Waals surface area contributed by atoms with Gasteiger partial charge in [0, 0.05) is 39.3 Å². The zero-order valence-corrected chi connectivity index (χ0v) is 19.2. The average molecular weight is 482 g/mol. The maximum atomic E-state index is 14.7. The summed E-state index contributed by atoms with van der Waals surface area (Å²) in [5.41, 5.74) is 0.434. The second-order valence-corrected chi connectivity index (χ2v) is 11.0. The van der Waals surface area contributed by atoms with Crippen molar-refractivity contribution >= 4 is 32.7 Å². The number of fused-ring (bicyclic) bond motifs is 1. The highest BCUT2D eigenvalue weighted by Gasteiger charge is 2.42. The smallest absolute Gasteiger partial charge is 0.227 e. The number of benzene rings is 1. The first-order chi connectivity index (χ1) is 15.9. The van der Waals surface area contributed by atoms with Crippen molar-refractivity contribution in [3.8, 4) is 0 Å². The number of sulfonamides is 1. The highest BCUT2D eigenvalue weighted by molar-refractivity contribution is 7.89. The predicted molar refractivity (Wildman–Crippen MR) is 120 cm³/mol. The minimum atomic E-state index is -3.42. The van der Waals surface area contributed by atoms with Gasteiger partial charge in [0.25, 0.3) is 0 Å².